The molecule has 0 amide bonds. The zero-order chi connectivity index (χ0) is 13.1. The van der Waals surface area contributed by atoms with Crippen LogP contribution in [0.3, 0.4) is 0 Å². The predicted molar refractivity (Wildman–Crippen MR) is 75.2 cm³/mol. The highest BCUT2D eigenvalue weighted by Crippen LogP contribution is 2.34. The molecule has 0 heterocycles. The Morgan fingerprint density at radius 2 is 1.83 bits per heavy atom. The summed E-state index contributed by atoms with van der Waals surface area (Å²) in [5.41, 5.74) is 1.52. The second-order valence-electron chi connectivity index (χ2n) is 3.80. The molecule has 0 bridgehead atoms. The summed E-state index contributed by atoms with van der Waals surface area (Å²) < 4.78 is 18.9. The first-order valence-corrected chi connectivity index (χ1v) is 6.64. The van der Waals surface area contributed by atoms with Crippen molar-refractivity contribution < 1.29 is 9.13 Å². The molecule has 94 valence electrons. The monoisotopic (exact) mass is 328 g/mol. The van der Waals surface area contributed by atoms with Crippen LogP contribution < -0.4 is 4.74 Å². The van der Waals surface area contributed by atoms with E-state index in [9.17, 15) is 4.39 Å². The van der Waals surface area contributed by atoms with Gasteiger partial charge in [-0.2, -0.15) is 0 Å². The fraction of sp³-hybridized carbons (Fsp3) is 0.143. The molecule has 0 aliphatic rings. The second-order valence-corrected chi connectivity index (χ2v) is 5.15. The lowest BCUT2D eigenvalue weighted by molar-refractivity contribution is 0.411. The number of hydrogen-bond acceptors (Lipinski definition) is 1. The van der Waals surface area contributed by atoms with Crippen LogP contribution in [0.2, 0.25) is 5.02 Å². The van der Waals surface area contributed by atoms with Gasteiger partial charge in [0.25, 0.3) is 0 Å². The Morgan fingerprint density at radius 3 is 2.39 bits per heavy atom. The van der Waals surface area contributed by atoms with Crippen LogP contribution in [0.5, 0.6) is 5.75 Å². The number of ether oxygens (including phenoxy) is 1. The van der Waals surface area contributed by atoms with Gasteiger partial charge in [-0.25, -0.2) is 4.39 Å². The smallest absolute Gasteiger partial charge is 0.131 e. The van der Waals surface area contributed by atoms with E-state index in [1.54, 1.807) is 24.3 Å². The molecule has 0 fully saturated rings. The molecule has 0 aromatic heterocycles. The van der Waals surface area contributed by atoms with Crippen LogP contribution in [0.1, 0.15) is 16.0 Å². The molecule has 2 rings (SSSR count). The number of rotatable bonds is 3. The lowest BCUT2D eigenvalue weighted by Gasteiger charge is -2.12. The molecule has 1 unspecified atom stereocenters. The zero-order valence-electron chi connectivity index (χ0n) is 9.66. The van der Waals surface area contributed by atoms with E-state index < -0.39 is 0 Å². The van der Waals surface area contributed by atoms with Crippen molar-refractivity contribution in [2.75, 3.05) is 7.11 Å². The minimum atomic E-state index is -0.300. The summed E-state index contributed by atoms with van der Waals surface area (Å²) in [6.07, 6.45) is 0. The summed E-state index contributed by atoms with van der Waals surface area (Å²) in [6, 6.07) is 12.1. The number of methoxy groups -OCH3 is 1. The Bertz CT molecular complexity index is 542. The molecule has 2 aromatic carbocycles. The lowest BCUT2D eigenvalue weighted by Crippen LogP contribution is -1.97. The van der Waals surface area contributed by atoms with Crippen LogP contribution in [0, 0.1) is 5.82 Å². The third-order valence-corrected chi connectivity index (χ3v) is 3.92. The first-order chi connectivity index (χ1) is 8.61. The standard InChI is InChI=1S/C14H11BrClFO/c1-18-11-6-7-12(13(17)8-11)14(15)9-2-4-10(16)5-3-9/h2-8,14H,1H3. The molecule has 0 aliphatic carbocycles. The van der Waals surface area contributed by atoms with E-state index in [0.717, 1.165) is 5.56 Å². The van der Waals surface area contributed by atoms with Crippen molar-refractivity contribution in [1.29, 1.82) is 0 Å². The van der Waals surface area contributed by atoms with Gasteiger partial charge in [0.15, 0.2) is 0 Å². The Kier molecular flexibility index (Phi) is 4.25. The fourth-order valence-electron chi connectivity index (χ4n) is 1.65. The SMILES string of the molecule is COc1ccc(C(Br)c2ccc(Cl)cc2)c(F)c1. The molecule has 0 aliphatic heterocycles. The van der Waals surface area contributed by atoms with Gasteiger partial charge in [-0.1, -0.05) is 45.7 Å². The molecule has 0 saturated heterocycles. The van der Waals surface area contributed by atoms with Crippen LogP contribution in [-0.4, -0.2) is 7.11 Å². The Balaban J connectivity index is 2.33. The van der Waals surface area contributed by atoms with Crippen molar-refractivity contribution in [2.24, 2.45) is 0 Å². The molecule has 0 radical (unpaired) electrons. The normalized spacial score (nSPS) is 12.2. The number of hydrogen-bond donors (Lipinski definition) is 0. The maximum atomic E-state index is 13.9. The van der Waals surface area contributed by atoms with E-state index >= 15 is 0 Å². The minimum absolute atomic E-state index is 0.208. The van der Waals surface area contributed by atoms with Crippen molar-refractivity contribution >= 4 is 27.5 Å². The molecule has 4 heteroatoms. The van der Waals surface area contributed by atoms with Crippen LogP contribution in [-0.2, 0) is 0 Å². The first-order valence-electron chi connectivity index (χ1n) is 5.35. The zero-order valence-corrected chi connectivity index (χ0v) is 12.0. The third kappa shape index (κ3) is 2.85. The van der Waals surface area contributed by atoms with Gasteiger partial charge in [-0.05, 0) is 23.8 Å². The first kappa shape index (κ1) is 13.4. The van der Waals surface area contributed by atoms with Crippen molar-refractivity contribution in [3.8, 4) is 5.75 Å². The Morgan fingerprint density at radius 1 is 1.17 bits per heavy atom. The van der Waals surface area contributed by atoms with E-state index in [4.69, 9.17) is 16.3 Å². The summed E-state index contributed by atoms with van der Waals surface area (Å²) in [5, 5.41) is 0.661. The average molecular weight is 330 g/mol. The topological polar surface area (TPSA) is 9.23 Å². The number of benzene rings is 2. The van der Waals surface area contributed by atoms with Gasteiger partial charge in [-0.15, -0.1) is 0 Å². The van der Waals surface area contributed by atoms with Crippen LogP contribution in [0.15, 0.2) is 42.5 Å². The third-order valence-electron chi connectivity index (χ3n) is 2.64. The summed E-state index contributed by atoms with van der Waals surface area (Å²) in [7, 11) is 1.51. The largest absolute Gasteiger partial charge is 0.497 e. The summed E-state index contributed by atoms with van der Waals surface area (Å²) >= 11 is 9.32. The van der Waals surface area contributed by atoms with Gasteiger partial charge in [0.05, 0.1) is 11.9 Å². The van der Waals surface area contributed by atoms with Gasteiger partial charge in [-0.3, -0.25) is 0 Å². The number of halogens is 3. The van der Waals surface area contributed by atoms with Crippen molar-refractivity contribution in [2.45, 2.75) is 4.83 Å². The van der Waals surface area contributed by atoms with Gasteiger partial charge in [0, 0.05) is 16.7 Å². The average Bonchev–Trinajstić information content (AvgIpc) is 2.38. The molecular formula is C14H11BrClFO. The highest BCUT2D eigenvalue weighted by atomic mass is 79.9. The summed E-state index contributed by atoms with van der Waals surface area (Å²) in [5.74, 6) is 0.207. The maximum absolute atomic E-state index is 13.9. The quantitative estimate of drug-likeness (QED) is 0.722. The van der Waals surface area contributed by atoms with E-state index in [0.29, 0.717) is 16.3 Å². The van der Waals surface area contributed by atoms with E-state index in [-0.39, 0.29) is 10.6 Å². The highest BCUT2D eigenvalue weighted by molar-refractivity contribution is 9.09. The second kappa shape index (κ2) is 5.72. The molecule has 0 saturated carbocycles. The molecule has 18 heavy (non-hydrogen) atoms. The van der Waals surface area contributed by atoms with Crippen molar-refractivity contribution in [1.82, 2.24) is 0 Å². The maximum Gasteiger partial charge on any atom is 0.131 e. The van der Waals surface area contributed by atoms with E-state index in [2.05, 4.69) is 15.9 Å². The van der Waals surface area contributed by atoms with Gasteiger partial charge in [0.1, 0.15) is 11.6 Å². The fourth-order valence-corrected chi connectivity index (χ4v) is 2.45. The van der Waals surface area contributed by atoms with Gasteiger partial charge in [0.2, 0.25) is 0 Å². The molecule has 2 aromatic rings. The number of alkyl halides is 1. The molecule has 1 atom stereocenters. The van der Waals surface area contributed by atoms with Gasteiger partial charge >= 0.3 is 0 Å². The summed E-state index contributed by atoms with van der Waals surface area (Å²) in [4.78, 5) is -0.208. The minimum Gasteiger partial charge on any atom is -0.497 e. The van der Waals surface area contributed by atoms with E-state index in [1.165, 1.54) is 13.2 Å². The molecule has 1 nitrogen and oxygen atoms in total. The van der Waals surface area contributed by atoms with Crippen molar-refractivity contribution in [3.05, 3.63) is 64.4 Å². The summed E-state index contributed by atoms with van der Waals surface area (Å²) in [6.45, 7) is 0. The molecular weight excluding hydrogens is 319 g/mol. The predicted octanol–water partition coefficient (Wildman–Crippen LogP) is 4.97. The van der Waals surface area contributed by atoms with E-state index in [1.807, 2.05) is 12.1 Å². The highest BCUT2D eigenvalue weighted by Gasteiger charge is 2.15. The van der Waals surface area contributed by atoms with Crippen LogP contribution >= 0.6 is 27.5 Å². The van der Waals surface area contributed by atoms with Gasteiger partial charge < -0.3 is 4.74 Å². The van der Waals surface area contributed by atoms with Crippen LogP contribution in [0.25, 0.3) is 0 Å². The molecule has 0 N–H and O–H groups in total. The van der Waals surface area contributed by atoms with Crippen molar-refractivity contribution in [3.63, 3.8) is 0 Å². The Hall–Kier alpha value is -1.06. The van der Waals surface area contributed by atoms with Crippen LogP contribution in [0.4, 0.5) is 4.39 Å². The lowest BCUT2D eigenvalue weighted by atomic mass is 10.0. The Labute approximate surface area is 119 Å². The molecule has 0 spiro atoms.